The lowest BCUT2D eigenvalue weighted by Crippen LogP contribution is -2.16. The smallest absolute Gasteiger partial charge is 0.263 e. The second-order valence-corrected chi connectivity index (χ2v) is 6.81. The van der Waals surface area contributed by atoms with Crippen molar-refractivity contribution in [2.24, 2.45) is 0 Å². The van der Waals surface area contributed by atoms with E-state index in [1.807, 2.05) is 6.92 Å². The monoisotopic (exact) mass is 345 g/mol. The lowest BCUT2D eigenvalue weighted by atomic mass is 10.2. The Kier molecular flexibility index (Phi) is 4.70. The van der Waals surface area contributed by atoms with Gasteiger partial charge in [-0.05, 0) is 30.7 Å². The zero-order valence-electron chi connectivity index (χ0n) is 11.4. The van der Waals surface area contributed by atoms with E-state index in [1.54, 1.807) is 13.0 Å². The van der Waals surface area contributed by atoms with Gasteiger partial charge in [-0.15, -0.1) is 0 Å². The number of hydrogen-bond acceptors (Lipinski definition) is 4. The summed E-state index contributed by atoms with van der Waals surface area (Å²) in [6.07, 6.45) is 2.11. The highest BCUT2D eigenvalue weighted by molar-refractivity contribution is 7.92. The van der Waals surface area contributed by atoms with Crippen molar-refractivity contribution in [3.05, 3.63) is 45.8 Å². The highest BCUT2D eigenvalue weighted by atomic mass is 35.5. The van der Waals surface area contributed by atoms with Crippen LogP contribution in [0, 0.1) is 6.92 Å². The van der Waals surface area contributed by atoms with Gasteiger partial charge in [0.2, 0.25) is 0 Å². The lowest BCUT2D eigenvalue weighted by Gasteiger charge is -2.12. The molecule has 5 nitrogen and oxygen atoms in total. The summed E-state index contributed by atoms with van der Waals surface area (Å²) in [5.41, 5.74) is 0.463. The van der Waals surface area contributed by atoms with Gasteiger partial charge in [0.1, 0.15) is 16.5 Å². The summed E-state index contributed by atoms with van der Waals surface area (Å²) in [6.45, 7) is 3.51. The van der Waals surface area contributed by atoms with E-state index >= 15 is 0 Å². The molecule has 0 spiro atoms. The first-order chi connectivity index (χ1) is 9.83. The van der Waals surface area contributed by atoms with Crippen molar-refractivity contribution >= 4 is 39.0 Å². The van der Waals surface area contributed by atoms with Gasteiger partial charge in [0, 0.05) is 17.6 Å². The first-order valence-electron chi connectivity index (χ1n) is 6.14. The van der Waals surface area contributed by atoms with Crippen LogP contribution >= 0.6 is 23.2 Å². The van der Waals surface area contributed by atoms with Crippen LogP contribution < -0.4 is 4.72 Å². The van der Waals surface area contributed by atoms with Gasteiger partial charge in [-0.25, -0.2) is 18.4 Å². The summed E-state index contributed by atoms with van der Waals surface area (Å²) in [6, 6.07) is 4.41. The minimum atomic E-state index is -3.85. The van der Waals surface area contributed by atoms with E-state index < -0.39 is 10.0 Å². The van der Waals surface area contributed by atoms with E-state index in [1.165, 1.54) is 18.3 Å². The summed E-state index contributed by atoms with van der Waals surface area (Å²) in [5, 5.41) is 0.448. The second-order valence-electron chi connectivity index (χ2n) is 4.35. The average Bonchev–Trinajstić information content (AvgIpc) is 2.36. The maximum Gasteiger partial charge on any atom is 0.264 e. The molecule has 0 aliphatic carbocycles. The summed E-state index contributed by atoms with van der Waals surface area (Å²) in [4.78, 5) is 8.12. The quantitative estimate of drug-likeness (QED) is 0.920. The molecule has 0 saturated heterocycles. The van der Waals surface area contributed by atoms with Crippen molar-refractivity contribution in [2.75, 3.05) is 4.72 Å². The fraction of sp³-hybridized carbons (Fsp3) is 0.231. The van der Waals surface area contributed by atoms with Crippen LogP contribution in [-0.2, 0) is 16.4 Å². The molecule has 2 rings (SSSR count). The maximum atomic E-state index is 12.5. The van der Waals surface area contributed by atoms with Gasteiger partial charge < -0.3 is 0 Å². The van der Waals surface area contributed by atoms with Crippen LogP contribution in [0.5, 0.6) is 0 Å². The number of rotatable bonds is 4. The van der Waals surface area contributed by atoms with E-state index in [-0.39, 0.29) is 15.7 Å². The topological polar surface area (TPSA) is 72.0 Å². The molecule has 1 aromatic heterocycles. The maximum absolute atomic E-state index is 12.5. The molecule has 0 unspecified atom stereocenters. The Balaban J connectivity index is 2.43. The first kappa shape index (κ1) is 16.0. The molecule has 112 valence electrons. The minimum absolute atomic E-state index is 0.00905. The summed E-state index contributed by atoms with van der Waals surface area (Å²) >= 11 is 11.9. The number of halogens is 2. The van der Waals surface area contributed by atoms with Crippen LogP contribution in [0.3, 0.4) is 0 Å². The highest BCUT2D eigenvalue weighted by Gasteiger charge is 2.22. The molecule has 2 aromatic rings. The zero-order valence-corrected chi connectivity index (χ0v) is 13.7. The largest absolute Gasteiger partial charge is 0.264 e. The molecule has 0 atom stereocenters. The number of nitrogens with one attached hydrogen (secondary N) is 1. The van der Waals surface area contributed by atoms with E-state index in [2.05, 4.69) is 14.7 Å². The molecule has 0 amide bonds. The second kappa shape index (κ2) is 6.17. The molecule has 8 heteroatoms. The van der Waals surface area contributed by atoms with Crippen LogP contribution in [-0.4, -0.2) is 18.4 Å². The Hall–Kier alpha value is -1.37. The number of benzene rings is 1. The standard InChI is InChI=1S/C13H13Cl2N3O2S/c1-3-11-16-5-4-12(17-11)18-21(19,20)13-8(2)6-9(14)7-10(13)15/h4-7H,3H2,1-2H3,(H,16,17,18). The van der Waals surface area contributed by atoms with Crippen molar-refractivity contribution in [2.45, 2.75) is 25.2 Å². The Morgan fingerprint density at radius 2 is 2.00 bits per heavy atom. The van der Waals surface area contributed by atoms with Gasteiger partial charge in [-0.3, -0.25) is 4.72 Å². The molecule has 1 N–H and O–H groups in total. The van der Waals surface area contributed by atoms with E-state index in [9.17, 15) is 8.42 Å². The van der Waals surface area contributed by atoms with Crippen molar-refractivity contribution in [1.29, 1.82) is 0 Å². The van der Waals surface area contributed by atoms with Gasteiger partial charge >= 0.3 is 0 Å². The third-order valence-corrected chi connectivity index (χ3v) is 4.91. The van der Waals surface area contributed by atoms with Crippen LogP contribution in [0.25, 0.3) is 0 Å². The van der Waals surface area contributed by atoms with Gasteiger partial charge in [0.15, 0.2) is 0 Å². The third kappa shape index (κ3) is 3.64. The number of hydrogen-bond donors (Lipinski definition) is 1. The number of nitrogens with zero attached hydrogens (tertiary/aromatic N) is 2. The molecule has 1 heterocycles. The molecular formula is C13H13Cl2N3O2S. The van der Waals surface area contributed by atoms with Crippen LogP contribution in [0.15, 0.2) is 29.3 Å². The summed E-state index contributed by atoms with van der Waals surface area (Å²) in [7, 11) is -3.85. The van der Waals surface area contributed by atoms with Crippen molar-refractivity contribution in [3.8, 4) is 0 Å². The minimum Gasteiger partial charge on any atom is -0.263 e. The van der Waals surface area contributed by atoms with Crippen LogP contribution in [0.2, 0.25) is 10.0 Å². The predicted molar refractivity (Wildman–Crippen MR) is 83.4 cm³/mol. The summed E-state index contributed by atoms with van der Waals surface area (Å²) < 4.78 is 27.3. The predicted octanol–water partition coefficient (Wildman–Crippen LogP) is 3.46. The third-order valence-electron chi connectivity index (χ3n) is 2.72. The fourth-order valence-electron chi connectivity index (χ4n) is 1.84. The van der Waals surface area contributed by atoms with Gasteiger partial charge in [0.25, 0.3) is 10.0 Å². The van der Waals surface area contributed by atoms with Crippen LogP contribution in [0.1, 0.15) is 18.3 Å². The average molecular weight is 346 g/mol. The molecule has 0 saturated carbocycles. The Labute approximate surface area is 133 Å². The SMILES string of the molecule is CCc1nccc(NS(=O)(=O)c2c(C)cc(Cl)cc2Cl)n1. The molecular weight excluding hydrogens is 333 g/mol. The number of anilines is 1. The fourth-order valence-corrected chi connectivity index (χ4v) is 4.03. The number of aryl methyl sites for hydroxylation is 2. The van der Waals surface area contributed by atoms with E-state index in [4.69, 9.17) is 23.2 Å². The molecule has 21 heavy (non-hydrogen) atoms. The molecule has 0 fully saturated rings. The van der Waals surface area contributed by atoms with E-state index in [0.717, 1.165) is 0 Å². The van der Waals surface area contributed by atoms with Gasteiger partial charge in [0.05, 0.1) is 5.02 Å². The molecule has 0 aliphatic heterocycles. The summed E-state index contributed by atoms with van der Waals surface area (Å²) in [5.74, 6) is 0.751. The highest BCUT2D eigenvalue weighted by Crippen LogP contribution is 2.29. The molecule has 1 aromatic carbocycles. The zero-order chi connectivity index (χ0) is 15.6. The number of sulfonamides is 1. The van der Waals surface area contributed by atoms with Gasteiger partial charge in [-0.1, -0.05) is 30.1 Å². The van der Waals surface area contributed by atoms with Gasteiger partial charge in [-0.2, -0.15) is 0 Å². The van der Waals surface area contributed by atoms with Crippen molar-refractivity contribution in [3.63, 3.8) is 0 Å². The Morgan fingerprint density at radius 1 is 1.29 bits per heavy atom. The molecule has 0 radical (unpaired) electrons. The Morgan fingerprint density at radius 3 is 2.62 bits per heavy atom. The first-order valence-corrected chi connectivity index (χ1v) is 8.38. The van der Waals surface area contributed by atoms with Crippen molar-refractivity contribution in [1.82, 2.24) is 9.97 Å². The lowest BCUT2D eigenvalue weighted by molar-refractivity contribution is 0.600. The molecule has 0 aliphatic rings. The normalized spacial score (nSPS) is 11.4. The Bertz CT molecular complexity index is 756. The molecule has 0 bridgehead atoms. The number of aromatic nitrogens is 2. The van der Waals surface area contributed by atoms with Crippen molar-refractivity contribution < 1.29 is 8.42 Å². The van der Waals surface area contributed by atoms with E-state index in [0.29, 0.717) is 22.8 Å². The van der Waals surface area contributed by atoms with Crippen LogP contribution in [0.4, 0.5) is 5.82 Å².